The standard InChI is InChI=1S/C13H25NO4S/c1-11(19(16,17)10-9-18-3)13(15)14(2)12-7-5-4-6-8-12/h11-12H,4-10H2,1-3H3/t11-/m1/s1. The number of amides is 1. The van der Waals surface area contributed by atoms with Gasteiger partial charge in [-0.3, -0.25) is 4.79 Å². The number of sulfone groups is 1. The molecule has 6 heteroatoms. The molecule has 0 spiro atoms. The number of methoxy groups -OCH3 is 1. The fraction of sp³-hybridized carbons (Fsp3) is 0.923. The van der Waals surface area contributed by atoms with Crippen molar-refractivity contribution in [1.29, 1.82) is 0 Å². The zero-order chi connectivity index (χ0) is 14.5. The van der Waals surface area contributed by atoms with Gasteiger partial charge in [0.25, 0.3) is 0 Å². The SMILES string of the molecule is COCCS(=O)(=O)[C@H](C)C(=O)N(C)C1CCCCC1. The average molecular weight is 291 g/mol. The second kappa shape index (κ2) is 7.24. The Balaban J connectivity index is 2.64. The van der Waals surface area contributed by atoms with Crippen molar-refractivity contribution in [3.63, 3.8) is 0 Å². The molecule has 0 aromatic rings. The molecule has 0 radical (unpaired) electrons. The quantitative estimate of drug-likeness (QED) is 0.738. The molecule has 0 saturated heterocycles. The highest BCUT2D eigenvalue weighted by molar-refractivity contribution is 7.92. The van der Waals surface area contributed by atoms with Gasteiger partial charge in [-0.15, -0.1) is 0 Å². The summed E-state index contributed by atoms with van der Waals surface area (Å²) in [6.07, 6.45) is 5.40. The van der Waals surface area contributed by atoms with Gasteiger partial charge in [0.2, 0.25) is 5.91 Å². The van der Waals surface area contributed by atoms with Crippen LogP contribution in [0.4, 0.5) is 0 Å². The van der Waals surface area contributed by atoms with E-state index >= 15 is 0 Å². The summed E-state index contributed by atoms with van der Waals surface area (Å²) in [5.41, 5.74) is 0. The molecule has 0 N–H and O–H groups in total. The van der Waals surface area contributed by atoms with Gasteiger partial charge >= 0.3 is 0 Å². The van der Waals surface area contributed by atoms with Gasteiger partial charge in [-0.1, -0.05) is 19.3 Å². The number of hydrogen-bond donors (Lipinski definition) is 0. The Morgan fingerprint density at radius 1 is 1.32 bits per heavy atom. The van der Waals surface area contributed by atoms with Crippen molar-refractivity contribution in [3.8, 4) is 0 Å². The Morgan fingerprint density at radius 3 is 2.42 bits per heavy atom. The Hall–Kier alpha value is -0.620. The molecule has 0 bridgehead atoms. The van der Waals surface area contributed by atoms with Crippen LogP contribution in [0.5, 0.6) is 0 Å². The second-order valence-electron chi connectivity index (χ2n) is 5.24. The van der Waals surface area contributed by atoms with E-state index in [1.807, 2.05) is 0 Å². The molecule has 1 atom stereocenters. The molecule has 0 aromatic carbocycles. The molecule has 112 valence electrons. The Kier molecular flexibility index (Phi) is 6.26. The number of rotatable bonds is 6. The minimum Gasteiger partial charge on any atom is -0.384 e. The molecule has 0 aromatic heterocycles. The lowest BCUT2D eigenvalue weighted by Crippen LogP contribution is -2.46. The van der Waals surface area contributed by atoms with E-state index in [0.717, 1.165) is 25.7 Å². The fourth-order valence-corrected chi connectivity index (χ4v) is 3.69. The number of ether oxygens (including phenoxy) is 1. The van der Waals surface area contributed by atoms with Crippen LogP contribution in [0.1, 0.15) is 39.0 Å². The van der Waals surface area contributed by atoms with Crippen molar-refractivity contribution in [3.05, 3.63) is 0 Å². The van der Waals surface area contributed by atoms with Gasteiger partial charge in [0.05, 0.1) is 12.4 Å². The first-order valence-electron chi connectivity index (χ1n) is 6.87. The molecule has 1 amide bonds. The van der Waals surface area contributed by atoms with E-state index in [1.54, 1.807) is 11.9 Å². The van der Waals surface area contributed by atoms with E-state index in [1.165, 1.54) is 20.5 Å². The van der Waals surface area contributed by atoms with Crippen molar-refractivity contribution < 1.29 is 17.9 Å². The van der Waals surface area contributed by atoms with Crippen LogP contribution < -0.4 is 0 Å². The van der Waals surface area contributed by atoms with Crippen molar-refractivity contribution in [2.75, 3.05) is 26.5 Å². The topological polar surface area (TPSA) is 63.7 Å². The highest BCUT2D eigenvalue weighted by atomic mass is 32.2. The predicted molar refractivity (Wildman–Crippen MR) is 74.8 cm³/mol. The van der Waals surface area contributed by atoms with Crippen LogP contribution in [-0.2, 0) is 19.4 Å². The first-order valence-corrected chi connectivity index (χ1v) is 8.59. The third-order valence-corrected chi connectivity index (χ3v) is 5.94. The van der Waals surface area contributed by atoms with E-state index in [-0.39, 0.29) is 24.3 Å². The van der Waals surface area contributed by atoms with Gasteiger partial charge in [0.1, 0.15) is 5.25 Å². The summed E-state index contributed by atoms with van der Waals surface area (Å²) < 4.78 is 28.8. The van der Waals surface area contributed by atoms with E-state index in [2.05, 4.69) is 0 Å². The first kappa shape index (κ1) is 16.4. The van der Waals surface area contributed by atoms with Gasteiger partial charge < -0.3 is 9.64 Å². The molecule has 1 saturated carbocycles. The van der Waals surface area contributed by atoms with Crippen molar-refractivity contribution in [2.24, 2.45) is 0 Å². The first-order chi connectivity index (χ1) is 8.90. The molecule has 1 aliphatic carbocycles. The molecule has 0 aliphatic heterocycles. The predicted octanol–water partition coefficient (Wildman–Crippen LogP) is 1.23. The number of hydrogen-bond acceptors (Lipinski definition) is 4. The Bertz CT molecular complexity index is 387. The number of nitrogens with zero attached hydrogens (tertiary/aromatic N) is 1. The van der Waals surface area contributed by atoms with E-state index in [9.17, 15) is 13.2 Å². The van der Waals surface area contributed by atoms with Crippen molar-refractivity contribution in [2.45, 2.75) is 50.3 Å². The Labute approximate surface area is 116 Å². The normalized spacial score (nSPS) is 19.1. The van der Waals surface area contributed by atoms with E-state index in [0.29, 0.717) is 0 Å². The van der Waals surface area contributed by atoms with Crippen LogP contribution in [0.15, 0.2) is 0 Å². The smallest absolute Gasteiger partial charge is 0.240 e. The molecule has 1 aliphatic rings. The highest BCUT2D eigenvalue weighted by Crippen LogP contribution is 2.22. The lowest BCUT2D eigenvalue weighted by atomic mass is 9.94. The van der Waals surface area contributed by atoms with Crippen LogP contribution in [0, 0.1) is 0 Å². The fourth-order valence-electron chi connectivity index (χ4n) is 2.46. The van der Waals surface area contributed by atoms with Gasteiger partial charge in [0.15, 0.2) is 9.84 Å². The van der Waals surface area contributed by atoms with Crippen LogP contribution in [0.2, 0.25) is 0 Å². The maximum Gasteiger partial charge on any atom is 0.240 e. The summed E-state index contributed by atoms with van der Waals surface area (Å²) in [5.74, 6) is -0.391. The maximum atomic E-state index is 12.3. The number of carbonyl (C=O) groups is 1. The summed E-state index contributed by atoms with van der Waals surface area (Å²) in [6, 6.07) is 0.196. The molecule has 0 heterocycles. The maximum absolute atomic E-state index is 12.3. The average Bonchev–Trinajstić information content (AvgIpc) is 2.43. The van der Waals surface area contributed by atoms with Crippen molar-refractivity contribution in [1.82, 2.24) is 4.90 Å². The minimum absolute atomic E-state index is 0.102. The molecule has 0 unspecified atom stereocenters. The zero-order valence-corrected chi connectivity index (χ0v) is 12.9. The molecular weight excluding hydrogens is 266 g/mol. The zero-order valence-electron chi connectivity index (χ0n) is 12.1. The molecule has 19 heavy (non-hydrogen) atoms. The third-order valence-electron chi connectivity index (χ3n) is 3.93. The van der Waals surface area contributed by atoms with Crippen LogP contribution in [0.3, 0.4) is 0 Å². The van der Waals surface area contributed by atoms with Crippen molar-refractivity contribution >= 4 is 15.7 Å². The molecule has 1 fully saturated rings. The number of carbonyl (C=O) groups excluding carboxylic acids is 1. The van der Waals surface area contributed by atoms with Gasteiger partial charge in [-0.2, -0.15) is 0 Å². The lowest BCUT2D eigenvalue weighted by Gasteiger charge is -2.32. The molecule has 1 rings (SSSR count). The van der Waals surface area contributed by atoms with E-state index in [4.69, 9.17) is 4.74 Å². The summed E-state index contributed by atoms with van der Waals surface area (Å²) in [7, 11) is -0.244. The summed E-state index contributed by atoms with van der Waals surface area (Å²) in [4.78, 5) is 13.9. The lowest BCUT2D eigenvalue weighted by molar-refractivity contribution is -0.131. The van der Waals surface area contributed by atoms with Gasteiger partial charge in [-0.05, 0) is 19.8 Å². The van der Waals surface area contributed by atoms with Crippen LogP contribution in [0.25, 0.3) is 0 Å². The van der Waals surface area contributed by atoms with Crippen LogP contribution in [-0.4, -0.2) is 57.0 Å². The monoisotopic (exact) mass is 291 g/mol. The summed E-state index contributed by atoms with van der Waals surface area (Å²) >= 11 is 0. The van der Waals surface area contributed by atoms with E-state index < -0.39 is 15.1 Å². The third kappa shape index (κ3) is 4.45. The van der Waals surface area contributed by atoms with Gasteiger partial charge in [0, 0.05) is 20.2 Å². The largest absolute Gasteiger partial charge is 0.384 e. The second-order valence-corrected chi connectivity index (χ2v) is 7.68. The van der Waals surface area contributed by atoms with Gasteiger partial charge in [-0.25, -0.2) is 8.42 Å². The molecular formula is C13H25NO4S. The highest BCUT2D eigenvalue weighted by Gasteiger charge is 2.32. The Morgan fingerprint density at radius 2 is 1.89 bits per heavy atom. The van der Waals surface area contributed by atoms with Crippen LogP contribution >= 0.6 is 0 Å². The molecule has 5 nitrogen and oxygen atoms in total. The summed E-state index contributed by atoms with van der Waals surface area (Å²) in [6.45, 7) is 1.61. The minimum atomic E-state index is -3.42. The summed E-state index contributed by atoms with van der Waals surface area (Å²) in [5, 5.41) is -0.977.